The lowest BCUT2D eigenvalue weighted by Crippen LogP contribution is -2.20. The third kappa shape index (κ3) is 3.46. The molecule has 1 atom stereocenters. The molecule has 0 saturated carbocycles. The Morgan fingerprint density at radius 3 is 2.86 bits per heavy atom. The molecule has 1 rings (SSSR count). The van der Waals surface area contributed by atoms with Crippen LogP contribution < -0.4 is 5.32 Å². The van der Waals surface area contributed by atoms with Crippen LogP contribution in [0.15, 0.2) is 24.5 Å². The number of rotatable bonds is 6. The van der Waals surface area contributed by atoms with E-state index in [1.807, 2.05) is 18.5 Å². The van der Waals surface area contributed by atoms with Crippen LogP contribution in [-0.4, -0.2) is 11.5 Å². The molecule has 0 aromatic carbocycles. The van der Waals surface area contributed by atoms with Gasteiger partial charge < -0.3 is 5.32 Å². The van der Waals surface area contributed by atoms with Crippen LogP contribution in [0.4, 0.5) is 0 Å². The third-order valence-electron chi connectivity index (χ3n) is 2.38. The molecule has 1 aromatic heterocycles. The van der Waals surface area contributed by atoms with Crippen molar-refractivity contribution in [1.82, 2.24) is 10.3 Å². The molecule has 1 N–H and O–H groups in total. The Morgan fingerprint density at radius 1 is 1.43 bits per heavy atom. The van der Waals surface area contributed by atoms with Crippen molar-refractivity contribution in [1.29, 1.82) is 0 Å². The van der Waals surface area contributed by atoms with E-state index in [1.165, 1.54) is 24.8 Å². The summed E-state index contributed by atoms with van der Waals surface area (Å²) >= 11 is 0. The fourth-order valence-corrected chi connectivity index (χ4v) is 1.62. The van der Waals surface area contributed by atoms with Crippen molar-refractivity contribution in [3.8, 4) is 0 Å². The number of nitrogens with zero attached hydrogens (tertiary/aromatic N) is 1. The van der Waals surface area contributed by atoms with Crippen molar-refractivity contribution in [3.63, 3.8) is 0 Å². The van der Waals surface area contributed by atoms with Crippen LogP contribution in [-0.2, 0) is 0 Å². The molecule has 78 valence electrons. The van der Waals surface area contributed by atoms with Crippen LogP contribution in [0.1, 0.15) is 44.7 Å². The average Bonchev–Trinajstić information content (AvgIpc) is 2.25. The van der Waals surface area contributed by atoms with Crippen LogP contribution in [0.5, 0.6) is 0 Å². The number of nitrogens with one attached hydrogen (secondary N) is 1. The lowest BCUT2D eigenvalue weighted by molar-refractivity contribution is 0.493. The fraction of sp³-hybridized carbons (Fsp3) is 0.583. The van der Waals surface area contributed by atoms with Crippen molar-refractivity contribution in [2.24, 2.45) is 0 Å². The number of aromatic nitrogens is 1. The molecule has 1 unspecified atom stereocenters. The summed E-state index contributed by atoms with van der Waals surface area (Å²) in [6.07, 6.45) is 7.51. The highest BCUT2D eigenvalue weighted by atomic mass is 14.9. The van der Waals surface area contributed by atoms with E-state index in [9.17, 15) is 0 Å². The summed E-state index contributed by atoms with van der Waals surface area (Å²) in [6, 6.07) is 4.63. The summed E-state index contributed by atoms with van der Waals surface area (Å²) < 4.78 is 0. The van der Waals surface area contributed by atoms with Gasteiger partial charge in [0.2, 0.25) is 0 Å². The van der Waals surface area contributed by atoms with Crippen LogP contribution in [0.2, 0.25) is 0 Å². The van der Waals surface area contributed by atoms with Gasteiger partial charge in [-0.1, -0.05) is 32.8 Å². The Morgan fingerprint density at radius 2 is 2.29 bits per heavy atom. The first-order valence-electron chi connectivity index (χ1n) is 5.51. The molecule has 0 saturated heterocycles. The highest BCUT2D eigenvalue weighted by Gasteiger charge is 2.08. The van der Waals surface area contributed by atoms with Crippen molar-refractivity contribution in [3.05, 3.63) is 30.1 Å². The van der Waals surface area contributed by atoms with E-state index >= 15 is 0 Å². The molecule has 0 aliphatic rings. The SMILES string of the molecule is CCCCC(NCC)c1cccnc1. The van der Waals surface area contributed by atoms with Crippen molar-refractivity contribution in [2.45, 2.75) is 39.2 Å². The second kappa shape index (κ2) is 6.55. The Labute approximate surface area is 86.8 Å². The van der Waals surface area contributed by atoms with Gasteiger partial charge in [0.25, 0.3) is 0 Å². The smallest absolute Gasteiger partial charge is 0.0335 e. The third-order valence-corrected chi connectivity index (χ3v) is 2.38. The Hall–Kier alpha value is -0.890. The maximum absolute atomic E-state index is 4.16. The summed E-state index contributed by atoms with van der Waals surface area (Å²) in [4.78, 5) is 4.16. The van der Waals surface area contributed by atoms with E-state index < -0.39 is 0 Å². The van der Waals surface area contributed by atoms with Gasteiger partial charge in [-0.05, 0) is 24.6 Å². The van der Waals surface area contributed by atoms with Gasteiger partial charge in [0, 0.05) is 18.4 Å². The quantitative estimate of drug-likeness (QED) is 0.749. The van der Waals surface area contributed by atoms with Gasteiger partial charge in [-0.25, -0.2) is 0 Å². The Bertz CT molecular complexity index is 233. The lowest BCUT2D eigenvalue weighted by atomic mass is 10.0. The molecule has 2 nitrogen and oxygen atoms in total. The predicted octanol–water partition coefficient (Wildman–Crippen LogP) is 2.92. The van der Waals surface area contributed by atoms with Gasteiger partial charge in [-0.3, -0.25) is 4.98 Å². The number of pyridine rings is 1. The van der Waals surface area contributed by atoms with Crippen LogP contribution in [0, 0.1) is 0 Å². The van der Waals surface area contributed by atoms with Crippen molar-refractivity contribution < 1.29 is 0 Å². The normalized spacial score (nSPS) is 12.7. The standard InChI is InChI=1S/C12H20N2/c1-3-5-8-12(14-4-2)11-7-6-9-13-10-11/h6-7,9-10,12,14H,3-5,8H2,1-2H3. The molecule has 0 fully saturated rings. The first kappa shape index (κ1) is 11.2. The molecule has 0 spiro atoms. The van der Waals surface area contributed by atoms with E-state index in [0.29, 0.717) is 6.04 Å². The summed E-state index contributed by atoms with van der Waals surface area (Å²) in [5.41, 5.74) is 1.31. The molecular weight excluding hydrogens is 172 g/mol. The summed E-state index contributed by atoms with van der Waals surface area (Å²) in [6.45, 7) is 5.39. The van der Waals surface area contributed by atoms with Gasteiger partial charge in [0.05, 0.1) is 0 Å². The molecule has 14 heavy (non-hydrogen) atoms. The van der Waals surface area contributed by atoms with Gasteiger partial charge in [-0.15, -0.1) is 0 Å². The first-order chi connectivity index (χ1) is 6.88. The van der Waals surface area contributed by atoms with Crippen molar-refractivity contribution in [2.75, 3.05) is 6.54 Å². The molecule has 1 heterocycles. The Kier molecular flexibility index (Phi) is 5.23. The molecule has 0 amide bonds. The largest absolute Gasteiger partial charge is 0.310 e. The van der Waals surface area contributed by atoms with Crippen molar-refractivity contribution >= 4 is 0 Å². The van der Waals surface area contributed by atoms with Crippen LogP contribution in [0.3, 0.4) is 0 Å². The highest BCUT2D eigenvalue weighted by molar-refractivity contribution is 5.13. The molecular formula is C12H20N2. The van der Waals surface area contributed by atoms with E-state index in [1.54, 1.807) is 0 Å². The minimum Gasteiger partial charge on any atom is -0.310 e. The topological polar surface area (TPSA) is 24.9 Å². The van der Waals surface area contributed by atoms with Gasteiger partial charge in [-0.2, -0.15) is 0 Å². The second-order valence-electron chi connectivity index (χ2n) is 3.54. The lowest BCUT2D eigenvalue weighted by Gasteiger charge is -2.17. The zero-order valence-electron chi connectivity index (χ0n) is 9.16. The van der Waals surface area contributed by atoms with Gasteiger partial charge in [0.15, 0.2) is 0 Å². The molecule has 0 radical (unpaired) electrons. The summed E-state index contributed by atoms with van der Waals surface area (Å²) in [5, 5.41) is 3.49. The summed E-state index contributed by atoms with van der Waals surface area (Å²) in [7, 11) is 0. The first-order valence-corrected chi connectivity index (χ1v) is 5.51. The van der Waals surface area contributed by atoms with Gasteiger partial charge in [0.1, 0.15) is 0 Å². The van der Waals surface area contributed by atoms with Crippen LogP contribution >= 0.6 is 0 Å². The fourth-order valence-electron chi connectivity index (χ4n) is 1.62. The zero-order valence-corrected chi connectivity index (χ0v) is 9.16. The zero-order chi connectivity index (χ0) is 10.2. The predicted molar refractivity (Wildman–Crippen MR) is 60.2 cm³/mol. The van der Waals surface area contributed by atoms with E-state index in [2.05, 4.69) is 30.2 Å². The van der Waals surface area contributed by atoms with Crippen LogP contribution in [0.25, 0.3) is 0 Å². The maximum Gasteiger partial charge on any atom is 0.0335 e. The minimum atomic E-state index is 0.480. The van der Waals surface area contributed by atoms with E-state index in [4.69, 9.17) is 0 Å². The number of hydrogen-bond acceptors (Lipinski definition) is 2. The monoisotopic (exact) mass is 192 g/mol. The summed E-state index contributed by atoms with van der Waals surface area (Å²) in [5.74, 6) is 0. The maximum atomic E-state index is 4.16. The number of hydrogen-bond donors (Lipinski definition) is 1. The van der Waals surface area contributed by atoms with E-state index in [-0.39, 0.29) is 0 Å². The van der Waals surface area contributed by atoms with E-state index in [0.717, 1.165) is 6.54 Å². The molecule has 0 aliphatic heterocycles. The Balaban J connectivity index is 2.58. The van der Waals surface area contributed by atoms with Gasteiger partial charge >= 0.3 is 0 Å². The molecule has 1 aromatic rings. The molecule has 0 aliphatic carbocycles. The highest BCUT2D eigenvalue weighted by Crippen LogP contribution is 2.17. The average molecular weight is 192 g/mol. The second-order valence-corrected chi connectivity index (χ2v) is 3.54. The molecule has 0 bridgehead atoms. The minimum absolute atomic E-state index is 0.480. The molecule has 2 heteroatoms. The number of unbranched alkanes of at least 4 members (excludes halogenated alkanes) is 1.